The van der Waals surface area contributed by atoms with Crippen LogP contribution in [0.25, 0.3) is 0 Å². The number of piperazine rings is 1. The van der Waals surface area contributed by atoms with Gasteiger partial charge in [0.15, 0.2) is 0 Å². The van der Waals surface area contributed by atoms with Crippen molar-refractivity contribution >= 4 is 11.8 Å². The van der Waals surface area contributed by atoms with E-state index in [1.807, 2.05) is 25.7 Å². The van der Waals surface area contributed by atoms with Crippen molar-refractivity contribution in [2.24, 2.45) is 0 Å². The van der Waals surface area contributed by atoms with E-state index in [2.05, 4.69) is 5.32 Å². The van der Waals surface area contributed by atoms with E-state index >= 15 is 0 Å². The van der Waals surface area contributed by atoms with Gasteiger partial charge in [0.25, 0.3) is 0 Å². The molecule has 1 rings (SSSR count). The summed E-state index contributed by atoms with van der Waals surface area (Å²) < 4.78 is 5.05. The number of hydrogen-bond donors (Lipinski definition) is 1. The lowest BCUT2D eigenvalue weighted by atomic mass is 9.86. The van der Waals surface area contributed by atoms with Crippen molar-refractivity contribution < 1.29 is 14.3 Å². The first kappa shape index (κ1) is 18.0. The molecule has 0 spiro atoms. The molecule has 0 aromatic rings. The van der Waals surface area contributed by atoms with E-state index in [0.717, 1.165) is 25.7 Å². The fraction of sp³-hybridized carbons (Fsp3) is 0.875. The molecule has 5 heteroatoms. The summed E-state index contributed by atoms with van der Waals surface area (Å²) in [6, 6.07) is -0.309. The van der Waals surface area contributed by atoms with Crippen LogP contribution in [-0.4, -0.2) is 48.6 Å². The molecule has 1 heterocycles. The normalized spacial score (nSPS) is 21.5. The second kappa shape index (κ2) is 8.37. The number of nitrogens with zero attached hydrogens (tertiary/aromatic N) is 1. The monoisotopic (exact) mass is 298 g/mol. The van der Waals surface area contributed by atoms with Crippen molar-refractivity contribution in [3.05, 3.63) is 0 Å². The summed E-state index contributed by atoms with van der Waals surface area (Å²) in [5.74, 6) is 0.0925. The van der Waals surface area contributed by atoms with E-state index < -0.39 is 5.54 Å². The third kappa shape index (κ3) is 3.96. The molecule has 0 bridgehead atoms. The smallest absolute Gasteiger partial charge is 0.248 e. The topological polar surface area (TPSA) is 58.6 Å². The molecule has 1 saturated heterocycles. The molecule has 1 unspecified atom stereocenters. The number of hydrogen-bond acceptors (Lipinski definition) is 3. The van der Waals surface area contributed by atoms with Gasteiger partial charge in [0.05, 0.1) is 0 Å². The fourth-order valence-corrected chi connectivity index (χ4v) is 3.01. The SMILES string of the molecule is CCCC1C(=O)NC(CC)(CC)C(=O)N1CCCCOC. The third-order valence-corrected chi connectivity index (χ3v) is 4.48. The highest BCUT2D eigenvalue weighted by Gasteiger charge is 2.48. The first-order valence-corrected chi connectivity index (χ1v) is 8.18. The van der Waals surface area contributed by atoms with E-state index in [-0.39, 0.29) is 17.9 Å². The Morgan fingerprint density at radius 3 is 2.38 bits per heavy atom. The van der Waals surface area contributed by atoms with Crippen molar-refractivity contribution in [2.45, 2.75) is 70.9 Å². The Balaban J connectivity index is 2.87. The summed E-state index contributed by atoms with van der Waals surface area (Å²) in [4.78, 5) is 27.1. The lowest BCUT2D eigenvalue weighted by Gasteiger charge is -2.45. The van der Waals surface area contributed by atoms with Crippen LogP contribution in [-0.2, 0) is 14.3 Å². The quantitative estimate of drug-likeness (QED) is 0.663. The van der Waals surface area contributed by atoms with Gasteiger partial charge in [-0.25, -0.2) is 0 Å². The van der Waals surface area contributed by atoms with E-state index in [9.17, 15) is 9.59 Å². The summed E-state index contributed by atoms with van der Waals surface area (Å²) in [6.07, 6.45) is 4.68. The number of methoxy groups -OCH3 is 1. The minimum absolute atomic E-state index is 0.00638. The van der Waals surface area contributed by atoms with Gasteiger partial charge in [-0.1, -0.05) is 27.2 Å². The highest BCUT2D eigenvalue weighted by atomic mass is 16.5. The maximum atomic E-state index is 12.9. The molecule has 1 fully saturated rings. The molecule has 2 amide bonds. The zero-order valence-corrected chi connectivity index (χ0v) is 13.9. The molecule has 0 radical (unpaired) electrons. The van der Waals surface area contributed by atoms with E-state index in [1.54, 1.807) is 7.11 Å². The minimum atomic E-state index is -0.706. The first-order chi connectivity index (χ1) is 10.1. The predicted molar refractivity (Wildman–Crippen MR) is 83.0 cm³/mol. The first-order valence-electron chi connectivity index (χ1n) is 8.18. The predicted octanol–water partition coefficient (Wildman–Crippen LogP) is 2.10. The zero-order chi connectivity index (χ0) is 15.9. The van der Waals surface area contributed by atoms with Gasteiger partial charge < -0.3 is 15.0 Å². The summed E-state index contributed by atoms with van der Waals surface area (Å²) in [6.45, 7) is 7.31. The number of carbonyl (C=O) groups is 2. The number of unbranched alkanes of at least 4 members (excludes halogenated alkanes) is 1. The van der Waals surface area contributed by atoms with Crippen molar-refractivity contribution in [3.8, 4) is 0 Å². The van der Waals surface area contributed by atoms with Crippen molar-refractivity contribution in [2.75, 3.05) is 20.3 Å². The Morgan fingerprint density at radius 1 is 1.19 bits per heavy atom. The second-order valence-electron chi connectivity index (χ2n) is 5.78. The highest BCUT2D eigenvalue weighted by molar-refractivity contribution is 5.99. The summed E-state index contributed by atoms with van der Waals surface area (Å²) in [7, 11) is 1.68. The van der Waals surface area contributed by atoms with Crippen LogP contribution in [0.2, 0.25) is 0 Å². The van der Waals surface area contributed by atoms with Crippen LogP contribution in [0.15, 0.2) is 0 Å². The number of carbonyl (C=O) groups excluding carboxylic acids is 2. The lowest BCUT2D eigenvalue weighted by Crippen LogP contribution is -2.70. The summed E-state index contributed by atoms with van der Waals surface area (Å²) in [5, 5.41) is 2.99. The van der Waals surface area contributed by atoms with Gasteiger partial charge >= 0.3 is 0 Å². The maximum absolute atomic E-state index is 12.9. The molecule has 0 aromatic carbocycles. The molecule has 122 valence electrons. The average molecular weight is 298 g/mol. The summed E-state index contributed by atoms with van der Waals surface area (Å²) >= 11 is 0. The van der Waals surface area contributed by atoms with Gasteiger partial charge in [-0.05, 0) is 32.1 Å². The van der Waals surface area contributed by atoms with Crippen molar-refractivity contribution in [1.29, 1.82) is 0 Å². The van der Waals surface area contributed by atoms with Gasteiger partial charge in [-0.2, -0.15) is 0 Å². The standard InChI is InChI=1S/C16H30N2O3/c1-5-10-13-14(19)17-16(6-2,7-3)15(20)18(13)11-8-9-12-21-4/h13H,5-12H2,1-4H3,(H,17,19). The van der Waals surface area contributed by atoms with Crippen LogP contribution in [0.1, 0.15) is 59.3 Å². The Morgan fingerprint density at radius 2 is 1.86 bits per heavy atom. The van der Waals surface area contributed by atoms with E-state index in [0.29, 0.717) is 26.0 Å². The van der Waals surface area contributed by atoms with Gasteiger partial charge in [0, 0.05) is 20.3 Å². The van der Waals surface area contributed by atoms with E-state index in [4.69, 9.17) is 4.74 Å². The largest absolute Gasteiger partial charge is 0.385 e. The van der Waals surface area contributed by atoms with Crippen LogP contribution < -0.4 is 5.32 Å². The Kier molecular flexibility index (Phi) is 7.15. The van der Waals surface area contributed by atoms with Gasteiger partial charge in [0.1, 0.15) is 11.6 Å². The maximum Gasteiger partial charge on any atom is 0.248 e. The van der Waals surface area contributed by atoms with Gasteiger partial charge in [-0.15, -0.1) is 0 Å². The average Bonchev–Trinajstić information content (AvgIpc) is 2.49. The Labute approximate surface area is 128 Å². The molecular formula is C16H30N2O3. The van der Waals surface area contributed by atoms with Crippen LogP contribution in [0.5, 0.6) is 0 Å². The molecule has 0 aliphatic carbocycles. The lowest BCUT2D eigenvalue weighted by molar-refractivity contribution is -0.156. The van der Waals surface area contributed by atoms with Crippen molar-refractivity contribution in [3.63, 3.8) is 0 Å². The second-order valence-corrected chi connectivity index (χ2v) is 5.78. The van der Waals surface area contributed by atoms with Crippen LogP contribution >= 0.6 is 0 Å². The Hall–Kier alpha value is -1.10. The molecule has 5 nitrogen and oxygen atoms in total. The molecular weight excluding hydrogens is 268 g/mol. The molecule has 21 heavy (non-hydrogen) atoms. The molecule has 1 aliphatic heterocycles. The number of nitrogens with one attached hydrogen (secondary N) is 1. The third-order valence-electron chi connectivity index (χ3n) is 4.48. The number of ether oxygens (including phenoxy) is 1. The minimum Gasteiger partial charge on any atom is -0.385 e. The highest BCUT2D eigenvalue weighted by Crippen LogP contribution is 2.27. The zero-order valence-electron chi connectivity index (χ0n) is 13.9. The van der Waals surface area contributed by atoms with Crippen molar-refractivity contribution in [1.82, 2.24) is 10.2 Å². The van der Waals surface area contributed by atoms with E-state index in [1.165, 1.54) is 0 Å². The van der Waals surface area contributed by atoms with Crippen LogP contribution in [0.4, 0.5) is 0 Å². The fourth-order valence-electron chi connectivity index (χ4n) is 3.01. The van der Waals surface area contributed by atoms with Gasteiger partial charge in [-0.3, -0.25) is 9.59 Å². The van der Waals surface area contributed by atoms with Gasteiger partial charge in [0.2, 0.25) is 11.8 Å². The molecule has 1 N–H and O–H groups in total. The summed E-state index contributed by atoms with van der Waals surface area (Å²) in [5.41, 5.74) is -0.706. The number of amides is 2. The van der Waals surface area contributed by atoms with Crippen LogP contribution in [0, 0.1) is 0 Å². The Bertz CT molecular complexity index is 353. The molecule has 0 saturated carbocycles. The molecule has 1 aliphatic rings. The van der Waals surface area contributed by atoms with Crippen LogP contribution in [0.3, 0.4) is 0 Å². The molecule has 1 atom stereocenters. The molecule has 0 aromatic heterocycles. The number of rotatable bonds is 9.